The molecule has 0 fully saturated rings. The van der Waals surface area contributed by atoms with Crippen molar-refractivity contribution in [3.63, 3.8) is 0 Å². The van der Waals surface area contributed by atoms with Crippen LogP contribution in [0.2, 0.25) is 0 Å². The second kappa shape index (κ2) is 5.53. The molecule has 0 aliphatic carbocycles. The predicted octanol–water partition coefficient (Wildman–Crippen LogP) is 1.68. The summed E-state index contributed by atoms with van der Waals surface area (Å²) in [7, 11) is 0. The van der Waals surface area contributed by atoms with Gasteiger partial charge < -0.3 is 0 Å². The minimum atomic E-state index is -0.0275. The number of aromatic nitrogens is 4. The van der Waals surface area contributed by atoms with Crippen LogP contribution in [0, 0.1) is 0 Å². The Balaban J connectivity index is 2.19. The monoisotopic (exact) mass is 244 g/mol. The molecule has 5 heteroatoms. The average Bonchev–Trinajstić information content (AvgIpc) is 2.82. The van der Waals surface area contributed by atoms with Crippen molar-refractivity contribution in [2.24, 2.45) is 0 Å². The highest BCUT2D eigenvalue weighted by molar-refractivity contribution is 5.95. The Bertz CT molecular complexity index is 533. The van der Waals surface area contributed by atoms with Crippen LogP contribution in [-0.2, 0) is 19.4 Å². The summed E-state index contributed by atoms with van der Waals surface area (Å²) in [6.45, 7) is 4.84. The first kappa shape index (κ1) is 12.4. The molecular formula is C13H16N4O. The van der Waals surface area contributed by atoms with E-state index < -0.39 is 0 Å². The van der Waals surface area contributed by atoms with Crippen molar-refractivity contribution >= 4 is 5.78 Å². The number of hydrogen-bond acceptors (Lipinski definition) is 4. The summed E-state index contributed by atoms with van der Waals surface area (Å²) in [4.78, 5) is 20.0. The summed E-state index contributed by atoms with van der Waals surface area (Å²) in [5.41, 5.74) is 2.35. The largest absolute Gasteiger partial charge is 0.292 e. The maximum absolute atomic E-state index is 12.0. The van der Waals surface area contributed by atoms with Crippen LogP contribution in [0.4, 0.5) is 0 Å². The number of carbonyl (C=O) groups is 1. The Kier molecular flexibility index (Phi) is 3.82. The van der Waals surface area contributed by atoms with Gasteiger partial charge in [0.1, 0.15) is 5.69 Å². The van der Waals surface area contributed by atoms with Gasteiger partial charge in [-0.15, -0.1) is 0 Å². The summed E-state index contributed by atoms with van der Waals surface area (Å²) in [6, 6.07) is 1.98. The van der Waals surface area contributed by atoms with Gasteiger partial charge in [-0.3, -0.25) is 14.5 Å². The lowest BCUT2D eigenvalue weighted by Gasteiger charge is -2.03. The quantitative estimate of drug-likeness (QED) is 0.751. The molecule has 2 rings (SSSR count). The Morgan fingerprint density at radius 3 is 2.78 bits per heavy atom. The minimum Gasteiger partial charge on any atom is -0.292 e. The van der Waals surface area contributed by atoms with Crippen LogP contribution < -0.4 is 0 Å². The molecule has 18 heavy (non-hydrogen) atoms. The standard InChI is InChI=1S/C13H16N4O/c1-3-10-7-11(17(4-2)16-10)8-13(18)12-9-14-5-6-15-12/h5-7,9H,3-4,8H2,1-2H3. The van der Waals surface area contributed by atoms with Crippen LogP contribution in [0.1, 0.15) is 35.7 Å². The fourth-order valence-electron chi connectivity index (χ4n) is 1.80. The van der Waals surface area contributed by atoms with E-state index in [-0.39, 0.29) is 5.78 Å². The van der Waals surface area contributed by atoms with E-state index in [2.05, 4.69) is 22.0 Å². The van der Waals surface area contributed by atoms with E-state index in [4.69, 9.17) is 0 Å². The van der Waals surface area contributed by atoms with Gasteiger partial charge in [0.15, 0.2) is 5.78 Å². The van der Waals surface area contributed by atoms with Crippen LogP contribution >= 0.6 is 0 Å². The molecular weight excluding hydrogens is 228 g/mol. The van der Waals surface area contributed by atoms with Gasteiger partial charge in [0, 0.05) is 24.6 Å². The van der Waals surface area contributed by atoms with Gasteiger partial charge in [0.2, 0.25) is 0 Å². The number of carbonyl (C=O) groups excluding carboxylic acids is 1. The van der Waals surface area contributed by atoms with Crippen LogP contribution in [-0.4, -0.2) is 25.5 Å². The molecule has 2 aromatic heterocycles. The van der Waals surface area contributed by atoms with Crippen molar-refractivity contribution in [3.05, 3.63) is 41.7 Å². The normalized spacial score (nSPS) is 10.6. The molecule has 0 amide bonds. The van der Waals surface area contributed by atoms with Gasteiger partial charge in [-0.05, 0) is 19.4 Å². The van der Waals surface area contributed by atoms with Crippen LogP contribution in [0.15, 0.2) is 24.7 Å². The fraction of sp³-hybridized carbons (Fsp3) is 0.385. The van der Waals surface area contributed by atoms with Crippen LogP contribution in [0.3, 0.4) is 0 Å². The first-order chi connectivity index (χ1) is 8.74. The van der Waals surface area contributed by atoms with Crippen molar-refractivity contribution in [1.29, 1.82) is 0 Å². The van der Waals surface area contributed by atoms with Gasteiger partial charge in [-0.1, -0.05) is 6.92 Å². The van der Waals surface area contributed by atoms with Crippen molar-refractivity contribution in [2.75, 3.05) is 0 Å². The van der Waals surface area contributed by atoms with Crippen molar-refractivity contribution in [1.82, 2.24) is 19.7 Å². The zero-order valence-corrected chi connectivity index (χ0v) is 10.6. The lowest BCUT2D eigenvalue weighted by atomic mass is 10.1. The minimum absolute atomic E-state index is 0.0275. The summed E-state index contributed by atoms with van der Waals surface area (Å²) < 4.78 is 1.87. The van der Waals surface area contributed by atoms with E-state index in [1.165, 1.54) is 12.4 Å². The van der Waals surface area contributed by atoms with Gasteiger partial charge in [-0.25, -0.2) is 4.98 Å². The highest BCUT2D eigenvalue weighted by Gasteiger charge is 2.13. The van der Waals surface area contributed by atoms with E-state index in [0.717, 1.165) is 24.4 Å². The van der Waals surface area contributed by atoms with Gasteiger partial charge in [-0.2, -0.15) is 5.10 Å². The van der Waals surface area contributed by atoms with Crippen molar-refractivity contribution < 1.29 is 4.79 Å². The number of rotatable bonds is 5. The third kappa shape index (κ3) is 2.61. The molecule has 0 aliphatic heterocycles. The van der Waals surface area contributed by atoms with Gasteiger partial charge in [0.05, 0.1) is 18.3 Å². The number of hydrogen-bond donors (Lipinski definition) is 0. The summed E-state index contributed by atoms with van der Waals surface area (Å²) >= 11 is 0. The second-order valence-electron chi connectivity index (χ2n) is 3.99. The summed E-state index contributed by atoms with van der Waals surface area (Å²) in [5.74, 6) is -0.0275. The lowest BCUT2D eigenvalue weighted by Crippen LogP contribution is -2.11. The Labute approximate surface area is 106 Å². The molecule has 94 valence electrons. The molecule has 2 heterocycles. The molecule has 0 aliphatic rings. The number of aryl methyl sites for hydroxylation is 2. The fourth-order valence-corrected chi connectivity index (χ4v) is 1.80. The molecule has 0 N–H and O–H groups in total. The molecule has 5 nitrogen and oxygen atoms in total. The van der Waals surface area contributed by atoms with E-state index >= 15 is 0 Å². The van der Waals surface area contributed by atoms with Gasteiger partial charge in [0.25, 0.3) is 0 Å². The van der Waals surface area contributed by atoms with E-state index in [0.29, 0.717) is 12.1 Å². The SMILES string of the molecule is CCc1cc(CC(=O)c2cnccn2)n(CC)n1. The zero-order valence-electron chi connectivity index (χ0n) is 10.6. The maximum Gasteiger partial charge on any atom is 0.188 e. The molecule has 0 radical (unpaired) electrons. The number of ketones is 1. The number of Topliss-reactive ketones (excluding diaryl/α,β-unsaturated/α-hetero) is 1. The van der Waals surface area contributed by atoms with Crippen molar-refractivity contribution in [2.45, 2.75) is 33.2 Å². The van der Waals surface area contributed by atoms with E-state index in [1.54, 1.807) is 6.20 Å². The molecule has 0 spiro atoms. The third-order valence-electron chi connectivity index (χ3n) is 2.77. The van der Waals surface area contributed by atoms with Crippen molar-refractivity contribution in [3.8, 4) is 0 Å². The maximum atomic E-state index is 12.0. The Hall–Kier alpha value is -2.04. The smallest absolute Gasteiger partial charge is 0.188 e. The predicted molar refractivity (Wildman–Crippen MR) is 67.3 cm³/mol. The first-order valence-corrected chi connectivity index (χ1v) is 6.09. The van der Waals surface area contributed by atoms with Crippen LogP contribution in [0.5, 0.6) is 0 Å². The summed E-state index contributed by atoms with van der Waals surface area (Å²) in [6.07, 6.45) is 5.78. The first-order valence-electron chi connectivity index (χ1n) is 6.09. The van der Waals surface area contributed by atoms with Gasteiger partial charge >= 0.3 is 0 Å². The molecule has 2 aromatic rings. The molecule has 0 aromatic carbocycles. The lowest BCUT2D eigenvalue weighted by molar-refractivity contribution is 0.0985. The highest BCUT2D eigenvalue weighted by Crippen LogP contribution is 2.09. The average molecular weight is 244 g/mol. The Morgan fingerprint density at radius 2 is 2.17 bits per heavy atom. The van der Waals surface area contributed by atoms with E-state index in [9.17, 15) is 4.79 Å². The summed E-state index contributed by atoms with van der Waals surface area (Å²) in [5, 5.41) is 4.42. The van der Waals surface area contributed by atoms with Crippen LogP contribution in [0.25, 0.3) is 0 Å². The van der Waals surface area contributed by atoms with E-state index in [1.807, 2.05) is 17.7 Å². The highest BCUT2D eigenvalue weighted by atomic mass is 16.1. The molecule has 0 bridgehead atoms. The molecule has 0 unspecified atom stereocenters. The Morgan fingerprint density at radius 1 is 1.33 bits per heavy atom. The zero-order chi connectivity index (χ0) is 13.0. The topological polar surface area (TPSA) is 60.7 Å². The second-order valence-corrected chi connectivity index (χ2v) is 3.99. The molecule has 0 saturated heterocycles. The molecule has 0 atom stereocenters. The molecule has 0 saturated carbocycles. The number of nitrogens with zero attached hydrogens (tertiary/aromatic N) is 4. The third-order valence-corrected chi connectivity index (χ3v) is 2.77.